The second-order valence-corrected chi connectivity index (χ2v) is 8.23. The van der Waals surface area contributed by atoms with Gasteiger partial charge in [0.15, 0.2) is 4.80 Å². The van der Waals surface area contributed by atoms with Gasteiger partial charge in [-0.1, -0.05) is 17.4 Å². The highest BCUT2D eigenvalue weighted by Gasteiger charge is 2.34. The van der Waals surface area contributed by atoms with Crippen molar-refractivity contribution in [1.29, 1.82) is 0 Å². The average Bonchev–Trinajstić information content (AvgIpc) is 3.44. The van der Waals surface area contributed by atoms with Crippen molar-refractivity contribution in [3.8, 4) is 0 Å². The van der Waals surface area contributed by atoms with Crippen molar-refractivity contribution in [2.45, 2.75) is 13.0 Å². The standard InChI is InChI=1S/C20H18N2O5S2/c1-12-16(19(24)27-9-8-25-2)17(14-6-4-10-28-14)22-18(23)15(29-20(22)21-12)11-13-5-3-7-26-13/h3-7,10-11,17H,8-9H2,1-2H3/t17-/m1/s1. The molecule has 7 nitrogen and oxygen atoms in total. The molecule has 4 rings (SSSR count). The Morgan fingerprint density at radius 3 is 2.90 bits per heavy atom. The molecule has 9 heteroatoms. The molecule has 4 heterocycles. The minimum Gasteiger partial charge on any atom is -0.465 e. The molecule has 150 valence electrons. The third kappa shape index (κ3) is 3.76. The van der Waals surface area contributed by atoms with Gasteiger partial charge in [-0.05, 0) is 30.5 Å². The Bertz CT molecular complexity index is 1220. The van der Waals surface area contributed by atoms with Crippen molar-refractivity contribution in [3.63, 3.8) is 0 Å². The zero-order valence-electron chi connectivity index (χ0n) is 15.8. The van der Waals surface area contributed by atoms with E-state index in [-0.39, 0.29) is 12.2 Å². The number of aromatic nitrogens is 1. The summed E-state index contributed by atoms with van der Waals surface area (Å²) in [5.74, 6) is 0.0832. The van der Waals surface area contributed by atoms with Gasteiger partial charge in [-0.15, -0.1) is 11.3 Å². The van der Waals surface area contributed by atoms with Crippen LogP contribution in [0, 0.1) is 0 Å². The number of rotatable bonds is 6. The summed E-state index contributed by atoms with van der Waals surface area (Å²) in [6, 6.07) is 6.75. The van der Waals surface area contributed by atoms with Crippen LogP contribution in [-0.4, -0.2) is 30.9 Å². The number of hydrogen-bond donors (Lipinski definition) is 0. The summed E-state index contributed by atoms with van der Waals surface area (Å²) in [5, 5.41) is 1.91. The zero-order valence-corrected chi connectivity index (χ0v) is 17.4. The number of nitrogens with zero attached hydrogens (tertiary/aromatic N) is 2. The van der Waals surface area contributed by atoms with E-state index in [2.05, 4.69) is 4.99 Å². The number of esters is 1. The second-order valence-electron chi connectivity index (χ2n) is 6.24. The van der Waals surface area contributed by atoms with E-state index in [0.29, 0.717) is 33.0 Å². The summed E-state index contributed by atoms with van der Waals surface area (Å²) in [5.41, 5.74) is 0.676. The van der Waals surface area contributed by atoms with Gasteiger partial charge >= 0.3 is 5.97 Å². The molecule has 0 radical (unpaired) electrons. The molecular formula is C20H18N2O5S2. The van der Waals surface area contributed by atoms with Gasteiger partial charge in [0, 0.05) is 18.1 Å². The van der Waals surface area contributed by atoms with E-state index in [4.69, 9.17) is 13.9 Å². The van der Waals surface area contributed by atoms with Crippen molar-refractivity contribution in [1.82, 2.24) is 4.57 Å². The first-order valence-electron chi connectivity index (χ1n) is 8.85. The quantitative estimate of drug-likeness (QED) is 0.442. The number of allylic oxidation sites excluding steroid dienone is 1. The van der Waals surface area contributed by atoms with Gasteiger partial charge in [0.2, 0.25) is 0 Å². The van der Waals surface area contributed by atoms with Gasteiger partial charge in [0.25, 0.3) is 5.56 Å². The van der Waals surface area contributed by atoms with Crippen LogP contribution in [0.5, 0.6) is 0 Å². The summed E-state index contributed by atoms with van der Waals surface area (Å²) in [7, 11) is 1.54. The summed E-state index contributed by atoms with van der Waals surface area (Å²) in [6.45, 7) is 2.19. The number of hydrogen-bond acceptors (Lipinski definition) is 8. The molecule has 0 spiro atoms. The minimum absolute atomic E-state index is 0.131. The minimum atomic E-state index is -0.583. The monoisotopic (exact) mass is 430 g/mol. The van der Waals surface area contributed by atoms with Crippen molar-refractivity contribution in [3.05, 3.63) is 77.5 Å². The number of carbonyl (C=O) groups excluding carboxylic acids is 1. The summed E-state index contributed by atoms with van der Waals surface area (Å²) >= 11 is 2.74. The number of furan rings is 1. The number of carbonyl (C=O) groups is 1. The lowest BCUT2D eigenvalue weighted by Crippen LogP contribution is -2.39. The van der Waals surface area contributed by atoms with Crippen LogP contribution in [-0.2, 0) is 14.3 Å². The predicted molar refractivity (Wildman–Crippen MR) is 110 cm³/mol. The molecular weight excluding hydrogens is 412 g/mol. The molecule has 1 aliphatic heterocycles. The molecule has 0 fully saturated rings. The fourth-order valence-electron chi connectivity index (χ4n) is 3.10. The third-order valence-electron chi connectivity index (χ3n) is 4.39. The number of methoxy groups -OCH3 is 1. The van der Waals surface area contributed by atoms with E-state index in [9.17, 15) is 9.59 Å². The van der Waals surface area contributed by atoms with Crippen LogP contribution in [0.1, 0.15) is 23.6 Å². The normalized spacial score (nSPS) is 16.6. The fourth-order valence-corrected chi connectivity index (χ4v) is 4.95. The molecule has 0 bridgehead atoms. The highest BCUT2D eigenvalue weighted by atomic mass is 32.1. The van der Waals surface area contributed by atoms with Crippen molar-refractivity contribution in [2.24, 2.45) is 4.99 Å². The first kappa shape index (κ1) is 19.6. The summed E-state index contributed by atoms with van der Waals surface area (Å²) in [4.78, 5) is 32.0. The van der Waals surface area contributed by atoms with Crippen molar-refractivity contribution in [2.75, 3.05) is 20.3 Å². The van der Waals surface area contributed by atoms with E-state index < -0.39 is 12.0 Å². The topological polar surface area (TPSA) is 83.0 Å². The number of thiophene rings is 1. The van der Waals surface area contributed by atoms with Gasteiger partial charge in [-0.3, -0.25) is 9.36 Å². The molecule has 0 amide bonds. The van der Waals surface area contributed by atoms with Gasteiger partial charge in [-0.2, -0.15) is 0 Å². The Kier molecular flexibility index (Phi) is 5.61. The first-order valence-corrected chi connectivity index (χ1v) is 10.6. The smallest absolute Gasteiger partial charge is 0.338 e. The van der Waals surface area contributed by atoms with Crippen LogP contribution in [0.25, 0.3) is 6.08 Å². The van der Waals surface area contributed by atoms with E-state index >= 15 is 0 Å². The maximum atomic E-state index is 13.2. The maximum Gasteiger partial charge on any atom is 0.338 e. The van der Waals surface area contributed by atoms with Crippen LogP contribution in [0.15, 0.2) is 61.4 Å². The Morgan fingerprint density at radius 2 is 2.21 bits per heavy atom. The molecule has 0 N–H and O–H groups in total. The molecule has 1 atom stereocenters. The molecule has 3 aromatic heterocycles. The van der Waals surface area contributed by atoms with E-state index in [1.54, 1.807) is 36.0 Å². The average molecular weight is 431 g/mol. The number of fused-ring (bicyclic) bond motifs is 1. The second kappa shape index (κ2) is 8.32. The van der Waals surface area contributed by atoms with Crippen molar-refractivity contribution < 1.29 is 18.7 Å². The van der Waals surface area contributed by atoms with Crippen molar-refractivity contribution >= 4 is 34.7 Å². The molecule has 0 saturated heterocycles. The molecule has 0 aliphatic carbocycles. The highest BCUT2D eigenvalue weighted by Crippen LogP contribution is 2.33. The fraction of sp³-hybridized carbons (Fsp3) is 0.250. The molecule has 1 aliphatic rings. The zero-order chi connectivity index (χ0) is 20.4. The SMILES string of the molecule is COCCOC(=O)C1=C(C)N=c2sc(=Cc3ccco3)c(=O)n2[C@@H]1c1cccs1. The maximum absolute atomic E-state index is 13.2. The lowest BCUT2D eigenvalue weighted by molar-refractivity contribution is -0.140. The van der Waals surface area contributed by atoms with Crippen LogP contribution in [0.3, 0.4) is 0 Å². The van der Waals surface area contributed by atoms with Crippen LogP contribution in [0.4, 0.5) is 0 Å². The molecule has 29 heavy (non-hydrogen) atoms. The Balaban J connectivity index is 1.86. The van der Waals surface area contributed by atoms with Crippen LogP contribution < -0.4 is 14.9 Å². The van der Waals surface area contributed by atoms with Crippen LogP contribution >= 0.6 is 22.7 Å². The largest absolute Gasteiger partial charge is 0.465 e. The predicted octanol–water partition coefficient (Wildman–Crippen LogP) is 2.08. The van der Waals surface area contributed by atoms with E-state index in [0.717, 1.165) is 4.88 Å². The summed E-state index contributed by atoms with van der Waals surface area (Å²) < 4.78 is 17.7. The van der Waals surface area contributed by atoms with Crippen LogP contribution in [0.2, 0.25) is 0 Å². The Labute approximate surface area is 173 Å². The third-order valence-corrected chi connectivity index (χ3v) is 6.30. The lowest BCUT2D eigenvalue weighted by Gasteiger charge is -2.23. The van der Waals surface area contributed by atoms with Gasteiger partial charge < -0.3 is 13.9 Å². The molecule has 3 aromatic rings. The first-order chi connectivity index (χ1) is 14.1. The molecule has 0 unspecified atom stereocenters. The number of thiazole rings is 1. The highest BCUT2D eigenvalue weighted by molar-refractivity contribution is 7.10. The lowest BCUT2D eigenvalue weighted by atomic mass is 10.0. The van der Waals surface area contributed by atoms with Gasteiger partial charge in [0.05, 0.1) is 28.7 Å². The van der Waals surface area contributed by atoms with E-state index in [1.807, 2.05) is 17.5 Å². The molecule has 0 aromatic carbocycles. The number of ether oxygens (including phenoxy) is 2. The van der Waals surface area contributed by atoms with Gasteiger partial charge in [-0.25, -0.2) is 9.79 Å². The van der Waals surface area contributed by atoms with E-state index in [1.165, 1.54) is 29.8 Å². The Hall–Kier alpha value is -2.75. The van der Waals surface area contributed by atoms with Gasteiger partial charge in [0.1, 0.15) is 18.4 Å². The summed E-state index contributed by atoms with van der Waals surface area (Å²) in [6.07, 6.45) is 3.24. The molecule has 0 saturated carbocycles. The Morgan fingerprint density at radius 1 is 1.34 bits per heavy atom.